The van der Waals surface area contributed by atoms with Crippen LogP contribution in [0.1, 0.15) is 23.1 Å². The molecule has 0 spiro atoms. The highest BCUT2D eigenvalue weighted by Gasteiger charge is 2.23. The maximum atomic E-state index is 11.2. The molecule has 0 radical (unpaired) electrons. The molecule has 1 aromatic heterocycles. The van der Waals surface area contributed by atoms with Crippen LogP contribution < -0.4 is 0 Å². The minimum Gasteiger partial charge on any atom is -0.298 e. The lowest BCUT2D eigenvalue weighted by Gasteiger charge is -2.22. The monoisotopic (exact) mass is 223 g/mol. The fraction of sp³-hybridized carbons (Fsp3) is 0.583. The number of Topliss-reactive ketones (excluding diaryl/α,β-unsaturated/α-hetero) is 1. The van der Waals surface area contributed by atoms with Gasteiger partial charge in [0.1, 0.15) is 5.78 Å². The Kier molecular flexibility index (Phi) is 3.22. The van der Waals surface area contributed by atoms with E-state index in [-0.39, 0.29) is 0 Å². The number of hydrogen-bond acceptors (Lipinski definition) is 3. The molecule has 0 N–H and O–H groups in total. The number of rotatable bonds is 3. The molecule has 1 unspecified atom stereocenters. The van der Waals surface area contributed by atoms with E-state index in [0.717, 1.165) is 19.4 Å². The summed E-state index contributed by atoms with van der Waals surface area (Å²) in [7, 11) is 0. The zero-order valence-electron chi connectivity index (χ0n) is 9.32. The Morgan fingerprint density at radius 1 is 1.53 bits per heavy atom. The Bertz CT molecular complexity index is 358. The highest BCUT2D eigenvalue weighted by molar-refractivity contribution is 7.11. The summed E-state index contributed by atoms with van der Waals surface area (Å²) >= 11 is 1.86. The fourth-order valence-corrected chi connectivity index (χ4v) is 3.05. The second-order valence-corrected chi connectivity index (χ2v) is 5.70. The molecule has 0 bridgehead atoms. The topological polar surface area (TPSA) is 20.3 Å². The molecule has 0 aromatic carbocycles. The summed E-state index contributed by atoms with van der Waals surface area (Å²) in [4.78, 5) is 16.3. The molecule has 0 aliphatic carbocycles. The predicted molar refractivity (Wildman–Crippen MR) is 63.4 cm³/mol. The maximum Gasteiger partial charge on any atom is 0.148 e. The van der Waals surface area contributed by atoms with Gasteiger partial charge in [-0.3, -0.25) is 9.69 Å². The van der Waals surface area contributed by atoms with Gasteiger partial charge < -0.3 is 0 Å². The van der Waals surface area contributed by atoms with Crippen LogP contribution in [0.4, 0.5) is 0 Å². The summed E-state index contributed by atoms with van der Waals surface area (Å²) in [6.45, 7) is 5.96. The highest BCUT2D eigenvalue weighted by atomic mass is 32.1. The van der Waals surface area contributed by atoms with E-state index in [4.69, 9.17) is 0 Å². The minimum atomic E-state index is 0.393. The normalized spacial score (nSPS) is 19.7. The van der Waals surface area contributed by atoms with E-state index in [9.17, 15) is 4.79 Å². The average Bonchev–Trinajstić information content (AvgIpc) is 2.75. The van der Waals surface area contributed by atoms with E-state index in [1.165, 1.54) is 9.75 Å². The highest BCUT2D eigenvalue weighted by Crippen LogP contribution is 2.19. The van der Waals surface area contributed by atoms with Crippen molar-refractivity contribution in [2.24, 2.45) is 0 Å². The standard InChI is InChI=1S/C12H17NOS/c1-9(13-6-5-11(14)8-13)7-12-4-3-10(2)15-12/h3-4,9H,5-8H2,1-2H3. The second-order valence-electron chi connectivity index (χ2n) is 4.32. The van der Waals surface area contributed by atoms with Gasteiger partial charge in [-0.05, 0) is 32.4 Å². The van der Waals surface area contributed by atoms with E-state index < -0.39 is 0 Å². The lowest BCUT2D eigenvalue weighted by Crippen LogP contribution is -2.32. The van der Waals surface area contributed by atoms with Crippen LogP contribution in [0, 0.1) is 6.92 Å². The molecule has 1 aliphatic rings. The zero-order valence-corrected chi connectivity index (χ0v) is 10.1. The molecule has 15 heavy (non-hydrogen) atoms. The van der Waals surface area contributed by atoms with E-state index in [2.05, 4.69) is 30.9 Å². The number of hydrogen-bond donors (Lipinski definition) is 0. The van der Waals surface area contributed by atoms with Gasteiger partial charge >= 0.3 is 0 Å². The lowest BCUT2D eigenvalue weighted by molar-refractivity contribution is -0.117. The predicted octanol–water partition coefficient (Wildman–Crippen LogP) is 2.26. The molecule has 0 saturated carbocycles. The first-order valence-corrected chi connectivity index (χ1v) is 6.28. The van der Waals surface area contributed by atoms with Crippen molar-refractivity contribution in [1.29, 1.82) is 0 Å². The summed E-state index contributed by atoms with van der Waals surface area (Å²) in [5.74, 6) is 0.393. The Hall–Kier alpha value is -0.670. The third-order valence-electron chi connectivity index (χ3n) is 2.97. The van der Waals surface area contributed by atoms with Crippen molar-refractivity contribution < 1.29 is 4.79 Å². The van der Waals surface area contributed by atoms with Crippen molar-refractivity contribution in [3.05, 3.63) is 21.9 Å². The SMILES string of the molecule is Cc1ccc(CC(C)N2CCC(=O)C2)s1. The first-order valence-electron chi connectivity index (χ1n) is 5.46. The quantitative estimate of drug-likeness (QED) is 0.783. The van der Waals surface area contributed by atoms with Gasteiger partial charge in [0.15, 0.2) is 0 Å². The van der Waals surface area contributed by atoms with Gasteiger partial charge in [0.25, 0.3) is 0 Å². The molecule has 2 heterocycles. The lowest BCUT2D eigenvalue weighted by atomic mass is 10.2. The van der Waals surface area contributed by atoms with Crippen LogP contribution in [0.15, 0.2) is 12.1 Å². The van der Waals surface area contributed by atoms with Gasteiger partial charge in [0.2, 0.25) is 0 Å². The molecule has 2 nitrogen and oxygen atoms in total. The summed E-state index contributed by atoms with van der Waals surface area (Å²) in [5, 5.41) is 0. The molecule has 82 valence electrons. The van der Waals surface area contributed by atoms with Crippen LogP contribution >= 0.6 is 11.3 Å². The van der Waals surface area contributed by atoms with Gasteiger partial charge in [-0.25, -0.2) is 0 Å². The number of carbonyl (C=O) groups is 1. The number of likely N-dealkylation sites (tertiary alicyclic amines) is 1. The number of ketones is 1. The van der Waals surface area contributed by atoms with Crippen LogP contribution in [0.3, 0.4) is 0 Å². The molecular weight excluding hydrogens is 206 g/mol. The van der Waals surface area contributed by atoms with Crippen LogP contribution in [0.5, 0.6) is 0 Å². The van der Waals surface area contributed by atoms with E-state index in [0.29, 0.717) is 18.4 Å². The van der Waals surface area contributed by atoms with Gasteiger partial charge in [0.05, 0.1) is 6.54 Å². The Balaban J connectivity index is 1.92. The molecule has 1 aromatic rings. The van der Waals surface area contributed by atoms with Crippen molar-refractivity contribution in [1.82, 2.24) is 4.90 Å². The second kappa shape index (κ2) is 4.45. The molecule has 2 rings (SSSR count). The van der Waals surface area contributed by atoms with E-state index in [1.54, 1.807) is 0 Å². The molecule has 1 atom stereocenters. The maximum absolute atomic E-state index is 11.2. The van der Waals surface area contributed by atoms with Crippen molar-refractivity contribution in [3.8, 4) is 0 Å². The molecule has 1 saturated heterocycles. The molecule has 0 amide bonds. The van der Waals surface area contributed by atoms with Gasteiger partial charge in [-0.1, -0.05) is 0 Å². The third kappa shape index (κ3) is 2.67. The summed E-state index contributed by atoms with van der Waals surface area (Å²) in [5.41, 5.74) is 0. The smallest absolute Gasteiger partial charge is 0.148 e. The van der Waals surface area contributed by atoms with Crippen LogP contribution in [-0.4, -0.2) is 29.8 Å². The number of carbonyl (C=O) groups excluding carboxylic acids is 1. The van der Waals surface area contributed by atoms with Crippen molar-refractivity contribution >= 4 is 17.1 Å². The Morgan fingerprint density at radius 2 is 2.33 bits per heavy atom. The van der Waals surface area contributed by atoms with Gasteiger partial charge in [-0.2, -0.15) is 0 Å². The van der Waals surface area contributed by atoms with Crippen molar-refractivity contribution in [3.63, 3.8) is 0 Å². The molecule has 3 heteroatoms. The molecule has 1 fully saturated rings. The van der Waals surface area contributed by atoms with Crippen LogP contribution in [0.2, 0.25) is 0 Å². The Morgan fingerprint density at radius 3 is 2.87 bits per heavy atom. The van der Waals surface area contributed by atoms with Crippen LogP contribution in [0.25, 0.3) is 0 Å². The van der Waals surface area contributed by atoms with Gasteiger partial charge in [0, 0.05) is 28.8 Å². The number of nitrogens with zero attached hydrogens (tertiary/aromatic N) is 1. The number of aryl methyl sites for hydroxylation is 1. The third-order valence-corrected chi connectivity index (χ3v) is 4.00. The summed E-state index contributed by atoms with van der Waals surface area (Å²) < 4.78 is 0. The molecule has 1 aliphatic heterocycles. The van der Waals surface area contributed by atoms with Crippen LogP contribution in [-0.2, 0) is 11.2 Å². The van der Waals surface area contributed by atoms with E-state index >= 15 is 0 Å². The Labute approximate surface area is 94.9 Å². The minimum absolute atomic E-state index is 0.393. The first kappa shape index (κ1) is 10.8. The zero-order chi connectivity index (χ0) is 10.8. The fourth-order valence-electron chi connectivity index (χ4n) is 2.04. The van der Waals surface area contributed by atoms with Gasteiger partial charge in [-0.15, -0.1) is 11.3 Å². The summed E-state index contributed by atoms with van der Waals surface area (Å²) in [6, 6.07) is 4.87. The summed E-state index contributed by atoms with van der Waals surface area (Å²) in [6.07, 6.45) is 1.82. The van der Waals surface area contributed by atoms with Crippen molar-refractivity contribution in [2.75, 3.05) is 13.1 Å². The first-order chi connectivity index (χ1) is 7.15. The average molecular weight is 223 g/mol. The van der Waals surface area contributed by atoms with Crippen molar-refractivity contribution in [2.45, 2.75) is 32.7 Å². The molecular formula is C12H17NOS. The van der Waals surface area contributed by atoms with E-state index in [1.807, 2.05) is 11.3 Å². The largest absolute Gasteiger partial charge is 0.298 e. The number of thiophene rings is 1.